The highest BCUT2D eigenvalue weighted by Gasteiger charge is 2.17. The fourth-order valence-electron chi connectivity index (χ4n) is 1.70. The van der Waals surface area contributed by atoms with Gasteiger partial charge in [0.15, 0.2) is 11.5 Å². The van der Waals surface area contributed by atoms with Gasteiger partial charge in [-0.25, -0.2) is 4.98 Å². The van der Waals surface area contributed by atoms with Crippen LogP contribution in [0.4, 0.5) is 11.8 Å². The fourth-order valence-corrected chi connectivity index (χ4v) is 1.70. The van der Waals surface area contributed by atoms with E-state index >= 15 is 0 Å². The lowest BCUT2D eigenvalue weighted by molar-refractivity contribution is -0.129. The second-order valence-electron chi connectivity index (χ2n) is 4.35. The molecule has 1 amide bonds. The Kier molecular flexibility index (Phi) is 3.50. The van der Waals surface area contributed by atoms with Gasteiger partial charge in [-0.05, 0) is 6.92 Å². The number of imidazole rings is 1. The highest BCUT2D eigenvalue weighted by molar-refractivity contribution is 5.88. The van der Waals surface area contributed by atoms with Gasteiger partial charge in [0.1, 0.15) is 11.6 Å². The molecule has 8 nitrogen and oxygen atoms in total. The standard InChI is InChI=1S/C11H17N7O/c1-6(10(19)18(3)4)15-9-7-8(14-5-13-7)16-11(12-2)17-9/h5-6H,1-4H3,(H3,12,13,14,15,16,17). The number of hydrogen-bond donors (Lipinski definition) is 3. The first-order chi connectivity index (χ1) is 9.02. The van der Waals surface area contributed by atoms with E-state index in [0.29, 0.717) is 22.9 Å². The average molecular weight is 263 g/mol. The van der Waals surface area contributed by atoms with Crippen molar-refractivity contribution in [2.45, 2.75) is 13.0 Å². The summed E-state index contributed by atoms with van der Waals surface area (Å²) in [5, 5.41) is 5.94. The number of amides is 1. The van der Waals surface area contributed by atoms with E-state index in [-0.39, 0.29) is 11.9 Å². The van der Waals surface area contributed by atoms with Gasteiger partial charge in [-0.15, -0.1) is 0 Å². The zero-order chi connectivity index (χ0) is 14.0. The molecule has 0 saturated carbocycles. The van der Waals surface area contributed by atoms with Crippen LogP contribution >= 0.6 is 0 Å². The first-order valence-corrected chi connectivity index (χ1v) is 5.89. The minimum atomic E-state index is -0.388. The van der Waals surface area contributed by atoms with Gasteiger partial charge in [-0.2, -0.15) is 9.97 Å². The maximum atomic E-state index is 11.9. The Bertz CT molecular complexity index is 592. The molecular formula is C11H17N7O. The average Bonchev–Trinajstić information content (AvgIpc) is 2.85. The summed E-state index contributed by atoms with van der Waals surface area (Å²) in [4.78, 5) is 28.9. The number of likely N-dealkylation sites (N-methyl/N-ethyl adjacent to an activating group) is 1. The molecule has 0 fully saturated rings. The number of aromatic amines is 1. The lowest BCUT2D eigenvalue weighted by Gasteiger charge is -2.18. The van der Waals surface area contributed by atoms with E-state index in [2.05, 4.69) is 30.6 Å². The summed E-state index contributed by atoms with van der Waals surface area (Å²) in [6, 6.07) is -0.388. The van der Waals surface area contributed by atoms with Gasteiger partial charge in [0.25, 0.3) is 0 Å². The normalized spacial score (nSPS) is 12.2. The molecule has 0 aliphatic heterocycles. The predicted octanol–water partition coefficient (Wildman–Crippen LogP) is 0.283. The fraction of sp³-hybridized carbons (Fsp3) is 0.455. The third-order valence-electron chi connectivity index (χ3n) is 2.67. The first kappa shape index (κ1) is 13.1. The van der Waals surface area contributed by atoms with Gasteiger partial charge in [-0.3, -0.25) is 4.79 Å². The van der Waals surface area contributed by atoms with Gasteiger partial charge < -0.3 is 20.5 Å². The molecule has 2 heterocycles. The molecule has 19 heavy (non-hydrogen) atoms. The van der Waals surface area contributed by atoms with Crippen molar-refractivity contribution in [1.29, 1.82) is 0 Å². The number of rotatable bonds is 4. The minimum absolute atomic E-state index is 0.0303. The third kappa shape index (κ3) is 2.56. The van der Waals surface area contributed by atoms with Crippen LogP contribution in [0.15, 0.2) is 6.33 Å². The van der Waals surface area contributed by atoms with Gasteiger partial charge >= 0.3 is 0 Å². The second-order valence-corrected chi connectivity index (χ2v) is 4.35. The minimum Gasteiger partial charge on any atom is -0.357 e. The van der Waals surface area contributed by atoms with E-state index in [1.54, 1.807) is 34.4 Å². The summed E-state index contributed by atoms with van der Waals surface area (Å²) in [5.74, 6) is 0.971. The summed E-state index contributed by atoms with van der Waals surface area (Å²) < 4.78 is 0. The Hall–Kier alpha value is -2.38. The first-order valence-electron chi connectivity index (χ1n) is 5.89. The molecule has 102 valence electrons. The van der Waals surface area contributed by atoms with Gasteiger partial charge in [0.2, 0.25) is 11.9 Å². The summed E-state index contributed by atoms with van der Waals surface area (Å²) in [7, 11) is 5.16. The largest absolute Gasteiger partial charge is 0.357 e. The molecule has 2 rings (SSSR count). The number of H-pyrrole nitrogens is 1. The van der Waals surface area contributed by atoms with Crippen molar-refractivity contribution in [3.63, 3.8) is 0 Å². The predicted molar refractivity (Wildman–Crippen MR) is 73.0 cm³/mol. The summed E-state index contributed by atoms with van der Waals surface area (Å²) in [6.07, 6.45) is 1.54. The van der Waals surface area contributed by atoms with Crippen LogP contribution in [0.2, 0.25) is 0 Å². The zero-order valence-electron chi connectivity index (χ0n) is 11.4. The molecule has 3 N–H and O–H groups in total. The number of aromatic nitrogens is 4. The molecule has 1 unspecified atom stereocenters. The van der Waals surface area contributed by atoms with Crippen molar-refractivity contribution in [2.75, 3.05) is 31.8 Å². The third-order valence-corrected chi connectivity index (χ3v) is 2.67. The molecule has 0 aromatic carbocycles. The maximum absolute atomic E-state index is 11.9. The number of fused-ring (bicyclic) bond motifs is 1. The van der Waals surface area contributed by atoms with Crippen LogP contribution in [0.5, 0.6) is 0 Å². The van der Waals surface area contributed by atoms with E-state index in [1.165, 1.54) is 4.90 Å². The summed E-state index contributed by atoms with van der Waals surface area (Å²) >= 11 is 0. The summed E-state index contributed by atoms with van der Waals surface area (Å²) in [5.41, 5.74) is 1.23. The molecule has 0 aliphatic rings. The van der Waals surface area contributed by atoms with Crippen LogP contribution in [-0.2, 0) is 4.79 Å². The molecule has 2 aromatic rings. The summed E-state index contributed by atoms with van der Waals surface area (Å²) in [6.45, 7) is 1.78. The number of anilines is 2. The van der Waals surface area contributed by atoms with Crippen molar-refractivity contribution in [2.24, 2.45) is 0 Å². The lowest BCUT2D eigenvalue weighted by atomic mass is 10.3. The van der Waals surface area contributed by atoms with Gasteiger partial charge in [0.05, 0.1) is 6.33 Å². The highest BCUT2D eigenvalue weighted by Crippen LogP contribution is 2.19. The Morgan fingerprint density at radius 3 is 2.79 bits per heavy atom. The van der Waals surface area contributed by atoms with E-state index in [0.717, 1.165) is 0 Å². The molecule has 0 saturated heterocycles. The number of nitrogens with one attached hydrogen (secondary N) is 3. The SMILES string of the molecule is CNc1nc(NC(C)C(=O)N(C)C)c2[nH]cnc2n1. The molecule has 2 aromatic heterocycles. The van der Waals surface area contributed by atoms with E-state index in [4.69, 9.17) is 0 Å². The molecule has 8 heteroatoms. The van der Waals surface area contributed by atoms with Crippen molar-refractivity contribution in [3.8, 4) is 0 Å². The van der Waals surface area contributed by atoms with Crippen molar-refractivity contribution in [3.05, 3.63) is 6.33 Å². The van der Waals surface area contributed by atoms with E-state index < -0.39 is 0 Å². The Morgan fingerprint density at radius 2 is 2.16 bits per heavy atom. The smallest absolute Gasteiger partial charge is 0.244 e. The van der Waals surface area contributed by atoms with Crippen LogP contribution < -0.4 is 10.6 Å². The Balaban J connectivity index is 2.33. The Labute approximate surface area is 110 Å². The molecule has 0 spiro atoms. The monoisotopic (exact) mass is 263 g/mol. The van der Waals surface area contributed by atoms with Crippen LogP contribution in [0.25, 0.3) is 11.2 Å². The maximum Gasteiger partial charge on any atom is 0.244 e. The lowest BCUT2D eigenvalue weighted by Crippen LogP contribution is -2.37. The molecule has 0 radical (unpaired) electrons. The molecule has 1 atom stereocenters. The Morgan fingerprint density at radius 1 is 1.42 bits per heavy atom. The highest BCUT2D eigenvalue weighted by atomic mass is 16.2. The van der Waals surface area contributed by atoms with Crippen molar-refractivity contribution in [1.82, 2.24) is 24.8 Å². The number of carbonyl (C=O) groups excluding carboxylic acids is 1. The van der Waals surface area contributed by atoms with Crippen LogP contribution in [0, 0.1) is 0 Å². The molecule has 0 aliphatic carbocycles. The van der Waals surface area contributed by atoms with E-state index in [1.807, 2.05) is 0 Å². The van der Waals surface area contributed by atoms with Gasteiger partial charge in [-0.1, -0.05) is 0 Å². The topological polar surface area (TPSA) is 98.8 Å². The number of hydrogen-bond acceptors (Lipinski definition) is 6. The number of carbonyl (C=O) groups is 1. The van der Waals surface area contributed by atoms with Crippen LogP contribution in [0.3, 0.4) is 0 Å². The van der Waals surface area contributed by atoms with Crippen molar-refractivity contribution < 1.29 is 4.79 Å². The zero-order valence-corrected chi connectivity index (χ0v) is 11.4. The second kappa shape index (κ2) is 5.09. The van der Waals surface area contributed by atoms with Gasteiger partial charge in [0, 0.05) is 21.1 Å². The van der Waals surface area contributed by atoms with Crippen LogP contribution in [0.1, 0.15) is 6.92 Å². The quantitative estimate of drug-likeness (QED) is 0.733. The van der Waals surface area contributed by atoms with Crippen molar-refractivity contribution >= 4 is 28.8 Å². The molecular weight excluding hydrogens is 246 g/mol. The number of nitrogens with zero attached hydrogens (tertiary/aromatic N) is 4. The molecule has 0 bridgehead atoms. The van der Waals surface area contributed by atoms with E-state index in [9.17, 15) is 4.79 Å². The van der Waals surface area contributed by atoms with Crippen LogP contribution in [-0.4, -0.2) is 57.9 Å².